The van der Waals surface area contributed by atoms with Crippen molar-refractivity contribution in [3.63, 3.8) is 0 Å². The van der Waals surface area contributed by atoms with E-state index in [1.54, 1.807) is 72.9 Å². The molecule has 2 aromatic carbocycles. The predicted octanol–water partition coefficient (Wildman–Crippen LogP) is 5.16. The van der Waals surface area contributed by atoms with Gasteiger partial charge >= 0.3 is 6.18 Å². The van der Waals surface area contributed by atoms with Crippen LogP contribution in [0.3, 0.4) is 0 Å². The lowest BCUT2D eigenvalue weighted by Crippen LogP contribution is -2.31. The number of halogens is 4. The fourth-order valence-corrected chi connectivity index (χ4v) is 3.26. The third-order valence-corrected chi connectivity index (χ3v) is 5.04. The summed E-state index contributed by atoms with van der Waals surface area (Å²) in [4.78, 5) is 28.9. The highest BCUT2D eigenvalue weighted by atomic mass is 35.5. The standard InChI is InChI=1S/C24H18ClF3N6O3/c25-16-6-4-15(5-7-16)14-34-22(36)21(31-19(35)13-24(26,27)28)32-33-23(34)30-17-8-10-18(11-9-17)37-20-3-1-2-12-29-20/h1-12H,13-14H2,(H,30,33)(H,31,32,35). The highest BCUT2D eigenvalue weighted by molar-refractivity contribution is 6.30. The number of rotatable bonds is 8. The van der Waals surface area contributed by atoms with Crippen LogP contribution in [0.5, 0.6) is 11.6 Å². The van der Waals surface area contributed by atoms with E-state index >= 15 is 0 Å². The Hall–Kier alpha value is -4.45. The largest absolute Gasteiger partial charge is 0.439 e. The molecule has 1 amide bonds. The van der Waals surface area contributed by atoms with Crippen LogP contribution in [0.4, 0.5) is 30.6 Å². The number of alkyl halides is 3. The molecule has 0 spiro atoms. The molecule has 0 saturated heterocycles. The van der Waals surface area contributed by atoms with Crippen molar-refractivity contribution in [2.24, 2.45) is 0 Å². The Morgan fingerprint density at radius 2 is 1.73 bits per heavy atom. The van der Waals surface area contributed by atoms with Crippen LogP contribution in [0.15, 0.2) is 77.7 Å². The van der Waals surface area contributed by atoms with E-state index in [0.717, 1.165) is 4.57 Å². The van der Waals surface area contributed by atoms with Crippen molar-refractivity contribution in [1.29, 1.82) is 0 Å². The minimum Gasteiger partial charge on any atom is -0.439 e. The second-order valence-electron chi connectivity index (χ2n) is 7.65. The Bertz CT molecular complexity index is 1430. The van der Waals surface area contributed by atoms with Gasteiger partial charge in [-0.2, -0.15) is 13.2 Å². The first-order valence-corrected chi connectivity index (χ1v) is 11.1. The van der Waals surface area contributed by atoms with Crippen LogP contribution in [0.2, 0.25) is 5.02 Å². The summed E-state index contributed by atoms with van der Waals surface area (Å²) in [5.74, 6) is -1.15. The summed E-state index contributed by atoms with van der Waals surface area (Å²) in [5, 5.41) is 12.9. The molecule has 0 bridgehead atoms. The highest BCUT2D eigenvalue weighted by Gasteiger charge is 2.32. The molecule has 0 aliphatic carbocycles. The molecule has 0 fully saturated rings. The van der Waals surface area contributed by atoms with Crippen molar-refractivity contribution >= 4 is 35.0 Å². The Morgan fingerprint density at radius 3 is 2.38 bits per heavy atom. The molecule has 0 aliphatic rings. The van der Waals surface area contributed by atoms with Crippen molar-refractivity contribution in [2.75, 3.05) is 10.6 Å². The number of ether oxygens (including phenoxy) is 1. The van der Waals surface area contributed by atoms with Crippen LogP contribution >= 0.6 is 11.6 Å². The normalized spacial score (nSPS) is 11.1. The lowest BCUT2D eigenvalue weighted by molar-refractivity contribution is -0.150. The van der Waals surface area contributed by atoms with Crippen molar-refractivity contribution < 1.29 is 22.7 Å². The smallest absolute Gasteiger partial charge is 0.397 e. The van der Waals surface area contributed by atoms with E-state index in [1.165, 1.54) is 0 Å². The van der Waals surface area contributed by atoms with E-state index in [9.17, 15) is 22.8 Å². The molecule has 0 saturated carbocycles. The van der Waals surface area contributed by atoms with E-state index in [4.69, 9.17) is 16.3 Å². The lowest BCUT2D eigenvalue weighted by atomic mass is 10.2. The Labute approximate surface area is 212 Å². The quantitative estimate of drug-likeness (QED) is 0.323. The van der Waals surface area contributed by atoms with Crippen molar-refractivity contribution in [3.8, 4) is 11.6 Å². The molecule has 0 unspecified atom stereocenters. The summed E-state index contributed by atoms with van der Waals surface area (Å²) in [6.07, 6.45) is -4.91. The van der Waals surface area contributed by atoms with Gasteiger partial charge in [0.1, 0.15) is 12.2 Å². The van der Waals surface area contributed by atoms with Crippen LogP contribution < -0.4 is 20.9 Å². The molecule has 4 rings (SSSR count). The molecule has 2 heterocycles. The molecule has 2 N–H and O–H groups in total. The fourth-order valence-electron chi connectivity index (χ4n) is 3.13. The number of carbonyl (C=O) groups is 1. The van der Waals surface area contributed by atoms with Gasteiger partial charge in [-0.25, -0.2) is 4.98 Å². The lowest BCUT2D eigenvalue weighted by Gasteiger charge is -2.15. The van der Waals surface area contributed by atoms with Crippen LogP contribution in [0.1, 0.15) is 12.0 Å². The summed E-state index contributed by atoms with van der Waals surface area (Å²) in [6, 6.07) is 18.5. The van der Waals surface area contributed by atoms with Gasteiger partial charge in [0.2, 0.25) is 23.6 Å². The molecule has 0 atom stereocenters. The number of carbonyl (C=O) groups excluding carboxylic acids is 1. The van der Waals surface area contributed by atoms with Crippen LogP contribution in [0, 0.1) is 0 Å². The maximum atomic E-state index is 13.1. The van der Waals surface area contributed by atoms with E-state index in [-0.39, 0.29) is 12.5 Å². The molecule has 37 heavy (non-hydrogen) atoms. The predicted molar refractivity (Wildman–Crippen MR) is 130 cm³/mol. The van der Waals surface area contributed by atoms with Crippen molar-refractivity contribution in [1.82, 2.24) is 19.7 Å². The minimum atomic E-state index is -4.74. The first kappa shape index (κ1) is 25.6. The molecule has 9 nitrogen and oxygen atoms in total. The number of amides is 1. The molecular formula is C24H18ClF3N6O3. The topological polar surface area (TPSA) is 111 Å². The van der Waals surface area contributed by atoms with Gasteiger partial charge in [0.15, 0.2) is 0 Å². The molecule has 4 aromatic rings. The fraction of sp³-hybridized carbons (Fsp3) is 0.125. The molecule has 190 valence electrons. The van der Waals surface area contributed by atoms with E-state index in [2.05, 4.69) is 20.5 Å². The number of hydrogen-bond acceptors (Lipinski definition) is 7. The summed E-state index contributed by atoms with van der Waals surface area (Å²) >= 11 is 5.93. The molecule has 2 aromatic heterocycles. The van der Waals surface area contributed by atoms with E-state index in [0.29, 0.717) is 27.9 Å². The van der Waals surface area contributed by atoms with Crippen LogP contribution in [-0.4, -0.2) is 31.8 Å². The first-order chi connectivity index (χ1) is 17.7. The monoisotopic (exact) mass is 530 g/mol. The van der Waals surface area contributed by atoms with Gasteiger partial charge in [-0.15, -0.1) is 10.2 Å². The van der Waals surface area contributed by atoms with E-state index < -0.39 is 29.9 Å². The SMILES string of the molecule is O=C(CC(F)(F)F)Nc1nnc(Nc2ccc(Oc3ccccn3)cc2)n(Cc2ccc(Cl)cc2)c1=O. The number of aromatic nitrogens is 4. The van der Waals surface area contributed by atoms with Gasteiger partial charge in [-0.1, -0.05) is 29.8 Å². The average Bonchev–Trinajstić information content (AvgIpc) is 2.85. The summed E-state index contributed by atoms with van der Waals surface area (Å²) in [6.45, 7) is -0.0309. The Kier molecular flexibility index (Phi) is 7.68. The summed E-state index contributed by atoms with van der Waals surface area (Å²) in [5.41, 5.74) is 0.313. The van der Waals surface area contributed by atoms with Gasteiger partial charge in [0, 0.05) is 23.0 Å². The summed E-state index contributed by atoms with van der Waals surface area (Å²) in [7, 11) is 0. The molecule has 13 heteroatoms. The van der Waals surface area contributed by atoms with Crippen LogP contribution in [-0.2, 0) is 11.3 Å². The highest BCUT2D eigenvalue weighted by Crippen LogP contribution is 2.23. The van der Waals surface area contributed by atoms with Crippen molar-refractivity contribution in [3.05, 3.63) is 93.9 Å². The second kappa shape index (κ2) is 11.1. The van der Waals surface area contributed by atoms with Gasteiger partial charge < -0.3 is 15.4 Å². The Balaban J connectivity index is 1.60. The third kappa shape index (κ3) is 7.27. The average molecular weight is 531 g/mol. The zero-order valence-electron chi connectivity index (χ0n) is 18.9. The number of benzene rings is 2. The number of anilines is 3. The third-order valence-electron chi connectivity index (χ3n) is 4.79. The number of nitrogens with zero attached hydrogens (tertiary/aromatic N) is 4. The molecule has 0 radical (unpaired) electrons. The maximum absolute atomic E-state index is 13.1. The summed E-state index contributed by atoms with van der Waals surface area (Å²) < 4.78 is 44.4. The molecule has 0 aliphatic heterocycles. The zero-order valence-corrected chi connectivity index (χ0v) is 19.6. The maximum Gasteiger partial charge on any atom is 0.397 e. The minimum absolute atomic E-state index is 0.00725. The molecular weight excluding hydrogens is 513 g/mol. The van der Waals surface area contributed by atoms with Crippen molar-refractivity contribution in [2.45, 2.75) is 19.1 Å². The van der Waals surface area contributed by atoms with Gasteiger partial charge in [-0.3, -0.25) is 14.2 Å². The number of hydrogen-bond donors (Lipinski definition) is 2. The van der Waals surface area contributed by atoms with Crippen LogP contribution in [0.25, 0.3) is 0 Å². The number of nitrogens with one attached hydrogen (secondary N) is 2. The zero-order chi connectivity index (χ0) is 26.4. The number of pyridine rings is 1. The van der Waals surface area contributed by atoms with Gasteiger partial charge in [-0.05, 0) is 48.0 Å². The Morgan fingerprint density at radius 1 is 1.00 bits per heavy atom. The van der Waals surface area contributed by atoms with Gasteiger partial charge in [0.05, 0.1) is 6.54 Å². The first-order valence-electron chi connectivity index (χ1n) is 10.7. The second-order valence-corrected chi connectivity index (χ2v) is 8.09. The van der Waals surface area contributed by atoms with E-state index in [1.807, 2.05) is 5.32 Å². The van der Waals surface area contributed by atoms with Gasteiger partial charge in [0.25, 0.3) is 5.56 Å².